The quantitative estimate of drug-likeness (QED) is 0.755. The van der Waals surface area contributed by atoms with Gasteiger partial charge in [0.1, 0.15) is 11.8 Å². The molecule has 2 aromatic heterocycles. The number of nitrogens with zero attached hydrogens (tertiary/aromatic N) is 6. The highest BCUT2D eigenvalue weighted by Crippen LogP contribution is 2.36. The van der Waals surface area contributed by atoms with Gasteiger partial charge in [-0.25, -0.2) is 19.9 Å². The first-order valence-electron chi connectivity index (χ1n) is 10.8. The van der Waals surface area contributed by atoms with Gasteiger partial charge in [-0.15, -0.1) is 0 Å². The molecule has 4 heterocycles. The van der Waals surface area contributed by atoms with E-state index < -0.39 is 0 Å². The van der Waals surface area contributed by atoms with E-state index in [0.29, 0.717) is 37.0 Å². The van der Waals surface area contributed by atoms with Crippen molar-refractivity contribution >= 4 is 17.8 Å². The van der Waals surface area contributed by atoms with Crippen LogP contribution in [0.4, 0.5) is 11.9 Å². The molecule has 1 atom stereocenters. The molecule has 1 amide bonds. The summed E-state index contributed by atoms with van der Waals surface area (Å²) in [5.41, 5.74) is 7.03. The van der Waals surface area contributed by atoms with Crippen molar-refractivity contribution in [3.05, 3.63) is 18.6 Å². The lowest BCUT2D eigenvalue weighted by Crippen LogP contribution is -2.49. The second-order valence-corrected chi connectivity index (χ2v) is 8.39. The van der Waals surface area contributed by atoms with Gasteiger partial charge in [0.25, 0.3) is 0 Å². The van der Waals surface area contributed by atoms with Gasteiger partial charge < -0.3 is 25.0 Å². The molecular weight excluding hydrogens is 398 g/mol. The highest BCUT2D eigenvalue weighted by molar-refractivity contribution is 5.78. The molecule has 31 heavy (non-hydrogen) atoms. The third-order valence-electron chi connectivity index (χ3n) is 6.23. The zero-order valence-corrected chi connectivity index (χ0v) is 17.6. The molecule has 1 aliphatic carbocycles. The Bertz CT molecular complexity index is 948. The number of nitrogen functional groups attached to an aromatic ring is 1. The van der Waals surface area contributed by atoms with Gasteiger partial charge in [0, 0.05) is 56.4 Å². The van der Waals surface area contributed by atoms with Gasteiger partial charge in [-0.3, -0.25) is 4.79 Å². The van der Waals surface area contributed by atoms with Crippen LogP contribution in [0.25, 0.3) is 11.3 Å². The number of carbonyl (C=O) groups is 1. The summed E-state index contributed by atoms with van der Waals surface area (Å²) >= 11 is 0. The third kappa shape index (κ3) is 3.99. The highest BCUT2D eigenvalue weighted by Gasteiger charge is 2.39. The number of aromatic nitrogens is 4. The maximum absolute atomic E-state index is 12.0. The summed E-state index contributed by atoms with van der Waals surface area (Å²) in [4.78, 5) is 33.7. The molecule has 164 valence electrons. The topological polar surface area (TPSA) is 120 Å². The molecule has 0 radical (unpaired) electrons. The van der Waals surface area contributed by atoms with Crippen LogP contribution < -0.4 is 15.4 Å². The second-order valence-electron chi connectivity index (χ2n) is 8.39. The van der Waals surface area contributed by atoms with Gasteiger partial charge in [0.15, 0.2) is 5.75 Å². The number of likely N-dealkylation sites (tertiary alicyclic amines) is 1. The van der Waals surface area contributed by atoms with Crippen LogP contribution in [-0.2, 0) is 9.53 Å². The summed E-state index contributed by atoms with van der Waals surface area (Å²) in [5, 5.41) is 0. The zero-order chi connectivity index (χ0) is 21.4. The minimum absolute atomic E-state index is 0.0311. The van der Waals surface area contributed by atoms with Crippen molar-refractivity contribution in [2.75, 3.05) is 36.9 Å². The molecular formula is C21H27N7O3. The largest absolute Gasteiger partial charge is 0.486 e. The fourth-order valence-electron chi connectivity index (χ4n) is 4.40. The first-order chi connectivity index (χ1) is 15.1. The van der Waals surface area contributed by atoms with Gasteiger partial charge >= 0.3 is 0 Å². The number of carbonyl (C=O) groups excluding carboxylic acids is 1. The van der Waals surface area contributed by atoms with E-state index >= 15 is 0 Å². The Morgan fingerprint density at radius 1 is 1.13 bits per heavy atom. The first-order valence-corrected chi connectivity index (χ1v) is 10.8. The van der Waals surface area contributed by atoms with E-state index in [1.807, 2.05) is 4.90 Å². The predicted octanol–water partition coefficient (Wildman–Crippen LogP) is 1.27. The maximum atomic E-state index is 12.0. The fourth-order valence-corrected chi connectivity index (χ4v) is 4.40. The number of amides is 1. The van der Waals surface area contributed by atoms with Crippen molar-refractivity contribution in [1.29, 1.82) is 0 Å². The molecule has 2 aliphatic heterocycles. The fraction of sp³-hybridized carbons (Fsp3) is 0.571. The third-order valence-corrected chi connectivity index (χ3v) is 6.23. The van der Waals surface area contributed by atoms with E-state index in [0.717, 1.165) is 37.9 Å². The summed E-state index contributed by atoms with van der Waals surface area (Å²) in [6.07, 6.45) is 8.33. The molecule has 3 fully saturated rings. The van der Waals surface area contributed by atoms with E-state index in [2.05, 4.69) is 26.8 Å². The number of morpholine rings is 1. The molecule has 5 rings (SSSR count). The van der Waals surface area contributed by atoms with Crippen molar-refractivity contribution in [2.24, 2.45) is 0 Å². The summed E-state index contributed by atoms with van der Waals surface area (Å²) in [6.45, 7) is 4.96. The lowest BCUT2D eigenvalue weighted by Gasteiger charge is -2.41. The number of hydrogen-bond donors (Lipinski definition) is 1. The first kappa shape index (κ1) is 19.9. The number of hydrogen-bond acceptors (Lipinski definition) is 9. The Balaban J connectivity index is 1.37. The van der Waals surface area contributed by atoms with Gasteiger partial charge in [0.2, 0.25) is 17.8 Å². The minimum atomic E-state index is 0.0311. The van der Waals surface area contributed by atoms with Crippen molar-refractivity contribution in [2.45, 2.75) is 50.8 Å². The van der Waals surface area contributed by atoms with E-state index in [9.17, 15) is 4.79 Å². The summed E-state index contributed by atoms with van der Waals surface area (Å²) in [5.74, 6) is 1.69. The molecule has 0 bridgehead atoms. The number of anilines is 2. The van der Waals surface area contributed by atoms with Crippen LogP contribution in [0.2, 0.25) is 0 Å². The van der Waals surface area contributed by atoms with E-state index in [1.165, 1.54) is 0 Å². The molecule has 0 spiro atoms. The maximum Gasteiger partial charge on any atom is 0.226 e. The number of rotatable bonds is 5. The molecule has 1 saturated carbocycles. The Kier molecular flexibility index (Phi) is 5.31. The summed E-state index contributed by atoms with van der Waals surface area (Å²) < 4.78 is 11.8. The molecule has 10 heteroatoms. The van der Waals surface area contributed by atoms with Crippen LogP contribution in [0.5, 0.6) is 5.75 Å². The van der Waals surface area contributed by atoms with Gasteiger partial charge in [-0.2, -0.15) is 0 Å². The van der Waals surface area contributed by atoms with Crippen LogP contribution in [0.1, 0.15) is 32.6 Å². The number of nitrogens with two attached hydrogens (primary N) is 1. The molecule has 0 unspecified atom stereocenters. The molecule has 0 aromatic carbocycles. The van der Waals surface area contributed by atoms with Crippen molar-refractivity contribution < 1.29 is 14.3 Å². The van der Waals surface area contributed by atoms with Crippen molar-refractivity contribution in [1.82, 2.24) is 24.8 Å². The molecule has 3 aliphatic rings. The van der Waals surface area contributed by atoms with E-state index in [4.69, 9.17) is 20.2 Å². The molecule has 2 saturated heterocycles. The lowest BCUT2D eigenvalue weighted by atomic mass is 9.88. The molecule has 2 aromatic rings. The van der Waals surface area contributed by atoms with Gasteiger partial charge in [-0.05, 0) is 13.3 Å². The summed E-state index contributed by atoms with van der Waals surface area (Å²) in [7, 11) is 0. The minimum Gasteiger partial charge on any atom is -0.486 e. The van der Waals surface area contributed by atoms with Gasteiger partial charge in [0.05, 0.1) is 25.5 Å². The van der Waals surface area contributed by atoms with Crippen molar-refractivity contribution in [3.63, 3.8) is 0 Å². The monoisotopic (exact) mass is 425 g/mol. The van der Waals surface area contributed by atoms with Crippen LogP contribution in [0.15, 0.2) is 18.6 Å². The molecule has 2 N–H and O–H groups in total. The standard InChI is InChI=1S/C21H27N7O3/c1-13-12-30-6-5-27(13)21-25-11-17(19(26-21)14-9-23-20(22)24-10-14)31-16-7-15(8-16)28-4-2-3-18(28)29/h9-11,13,15-16H,2-8,12H2,1H3,(H2,22,23,24)/t13-,15?,16?/m0/s1. The smallest absolute Gasteiger partial charge is 0.226 e. The van der Waals surface area contributed by atoms with Crippen LogP contribution in [0.3, 0.4) is 0 Å². The van der Waals surface area contributed by atoms with Crippen LogP contribution in [0, 0.1) is 0 Å². The Hall–Kier alpha value is -3.01. The van der Waals surface area contributed by atoms with Crippen LogP contribution >= 0.6 is 0 Å². The Labute approximate surface area is 180 Å². The van der Waals surface area contributed by atoms with E-state index in [-0.39, 0.29) is 30.0 Å². The average Bonchev–Trinajstić information content (AvgIpc) is 3.17. The highest BCUT2D eigenvalue weighted by atomic mass is 16.5. The SMILES string of the molecule is C[C@H]1COCCN1c1ncc(OC2CC(N3CCCC3=O)C2)c(-c2cnc(N)nc2)n1. The molecule has 10 nitrogen and oxygen atoms in total. The Morgan fingerprint density at radius 3 is 2.65 bits per heavy atom. The van der Waals surface area contributed by atoms with Crippen LogP contribution in [-0.4, -0.2) is 75.2 Å². The average molecular weight is 425 g/mol. The Morgan fingerprint density at radius 2 is 1.94 bits per heavy atom. The number of ether oxygens (including phenoxy) is 2. The normalized spacial score (nSPS) is 26.1. The second kappa shape index (κ2) is 8.26. The van der Waals surface area contributed by atoms with E-state index in [1.54, 1.807) is 18.6 Å². The lowest BCUT2D eigenvalue weighted by molar-refractivity contribution is -0.132. The van der Waals surface area contributed by atoms with Crippen molar-refractivity contribution in [3.8, 4) is 17.0 Å². The summed E-state index contributed by atoms with van der Waals surface area (Å²) in [6, 6.07) is 0.458. The van der Waals surface area contributed by atoms with Gasteiger partial charge in [-0.1, -0.05) is 0 Å². The predicted molar refractivity (Wildman–Crippen MR) is 113 cm³/mol. The zero-order valence-electron chi connectivity index (χ0n) is 17.6.